The summed E-state index contributed by atoms with van der Waals surface area (Å²) in [6.45, 7) is 0. The zero-order chi connectivity index (χ0) is 34.9. The van der Waals surface area contributed by atoms with Gasteiger partial charge in [-0.15, -0.1) is 0 Å². The van der Waals surface area contributed by atoms with E-state index in [1.807, 2.05) is 12.4 Å². The topological polar surface area (TPSA) is 30.7 Å². The van der Waals surface area contributed by atoms with Gasteiger partial charge in [-0.2, -0.15) is 0 Å². The van der Waals surface area contributed by atoms with Crippen LogP contribution in [-0.2, 0) is 0 Å². The van der Waals surface area contributed by atoms with E-state index in [1.54, 1.807) is 0 Å². The van der Waals surface area contributed by atoms with E-state index in [9.17, 15) is 0 Å². The van der Waals surface area contributed by atoms with E-state index in [-0.39, 0.29) is 0 Å². The maximum absolute atomic E-state index is 5.47. The van der Waals surface area contributed by atoms with Crippen molar-refractivity contribution in [1.29, 1.82) is 0 Å². The van der Waals surface area contributed by atoms with E-state index >= 15 is 0 Å². The Morgan fingerprint density at radius 1 is 0.377 bits per heavy atom. The summed E-state index contributed by atoms with van der Waals surface area (Å²) in [6, 6.07) is 63.4. The lowest BCUT2D eigenvalue weighted by molar-refractivity contribution is 1.08. The van der Waals surface area contributed by atoms with Crippen molar-refractivity contribution in [3.63, 3.8) is 0 Å². The minimum Gasteiger partial charge on any atom is -0.294 e. The van der Waals surface area contributed by atoms with Crippen molar-refractivity contribution in [2.24, 2.45) is 0 Å². The molecule has 0 saturated carbocycles. The minimum absolute atomic E-state index is 0.883. The van der Waals surface area contributed by atoms with Gasteiger partial charge in [-0.3, -0.25) is 9.55 Å². The Hall–Kier alpha value is -7.10. The van der Waals surface area contributed by atoms with Gasteiger partial charge in [-0.25, -0.2) is 4.98 Å². The average molecular weight is 674 g/mol. The van der Waals surface area contributed by atoms with Crippen LogP contribution in [0.5, 0.6) is 0 Å². The van der Waals surface area contributed by atoms with E-state index in [2.05, 4.69) is 185 Å². The first-order valence-electron chi connectivity index (χ1n) is 18.1. The van der Waals surface area contributed by atoms with E-state index in [4.69, 9.17) is 4.98 Å². The summed E-state index contributed by atoms with van der Waals surface area (Å²) in [5, 5.41) is 4.88. The van der Waals surface area contributed by atoms with E-state index < -0.39 is 0 Å². The fourth-order valence-electron chi connectivity index (χ4n) is 8.38. The van der Waals surface area contributed by atoms with Gasteiger partial charge in [0.1, 0.15) is 5.82 Å². The first-order chi connectivity index (χ1) is 26.3. The Labute approximate surface area is 307 Å². The molecule has 0 unspecified atom stereocenters. The molecule has 0 atom stereocenters. The lowest BCUT2D eigenvalue weighted by Gasteiger charge is -2.15. The van der Waals surface area contributed by atoms with Crippen molar-refractivity contribution in [3.8, 4) is 72.7 Å². The maximum atomic E-state index is 5.47. The van der Waals surface area contributed by atoms with Crippen molar-refractivity contribution in [2.75, 3.05) is 0 Å². The Morgan fingerprint density at radius 3 is 1.79 bits per heavy atom. The van der Waals surface area contributed by atoms with Crippen LogP contribution in [0.25, 0.3) is 105 Å². The van der Waals surface area contributed by atoms with Gasteiger partial charge in [-0.05, 0) is 97.2 Å². The van der Waals surface area contributed by atoms with Crippen LogP contribution in [0.15, 0.2) is 188 Å². The molecule has 0 N–H and O–H groups in total. The summed E-state index contributed by atoms with van der Waals surface area (Å²) in [7, 11) is 0. The largest absolute Gasteiger partial charge is 0.294 e. The van der Waals surface area contributed by atoms with Gasteiger partial charge < -0.3 is 0 Å². The lowest BCUT2D eigenvalue weighted by Crippen LogP contribution is -2.00. The van der Waals surface area contributed by atoms with Crippen LogP contribution in [0.2, 0.25) is 0 Å². The first kappa shape index (κ1) is 29.6. The zero-order valence-corrected chi connectivity index (χ0v) is 28.7. The third kappa shape index (κ3) is 4.68. The van der Waals surface area contributed by atoms with Crippen molar-refractivity contribution >= 4 is 32.6 Å². The van der Waals surface area contributed by atoms with Crippen molar-refractivity contribution in [3.05, 3.63) is 188 Å². The third-order valence-electron chi connectivity index (χ3n) is 10.8. The molecule has 0 fully saturated rings. The fourth-order valence-corrected chi connectivity index (χ4v) is 8.38. The van der Waals surface area contributed by atoms with E-state index in [1.165, 1.54) is 60.5 Å². The van der Waals surface area contributed by atoms with Crippen LogP contribution < -0.4 is 0 Å². The van der Waals surface area contributed by atoms with Gasteiger partial charge in [0.05, 0.1) is 16.7 Å². The van der Waals surface area contributed by atoms with E-state index in [0.717, 1.165) is 44.8 Å². The van der Waals surface area contributed by atoms with Crippen molar-refractivity contribution < 1.29 is 0 Å². The van der Waals surface area contributed by atoms with Gasteiger partial charge in [0.25, 0.3) is 0 Å². The van der Waals surface area contributed by atoms with Crippen LogP contribution in [0, 0.1) is 0 Å². The summed E-state index contributed by atoms with van der Waals surface area (Å²) < 4.78 is 2.36. The molecule has 0 spiro atoms. The van der Waals surface area contributed by atoms with Crippen LogP contribution in [0.1, 0.15) is 0 Å². The van der Waals surface area contributed by atoms with Crippen LogP contribution >= 0.6 is 0 Å². The number of aromatic nitrogens is 3. The quantitative estimate of drug-likeness (QED) is 0.186. The summed E-state index contributed by atoms with van der Waals surface area (Å²) in [5.74, 6) is 0.883. The number of rotatable bonds is 4. The molecule has 0 amide bonds. The van der Waals surface area contributed by atoms with Crippen LogP contribution in [-0.4, -0.2) is 14.5 Å². The third-order valence-corrected chi connectivity index (χ3v) is 10.8. The zero-order valence-electron chi connectivity index (χ0n) is 28.7. The molecule has 3 heterocycles. The van der Waals surface area contributed by atoms with E-state index in [0.29, 0.717) is 0 Å². The monoisotopic (exact) mass is 673 g/mol. The molecule has 0 radical (unpaired) electrons. The molecule has 7 aromatic carbocycles. The molecule has 3 heteroatoms. The highest BCUT2D eigenvalue weighted by molar-refractivity contribution is 6.18. The highest BCUT2D eigenvalue weighted by atomic mass is 15.1. The standard InChI is InChI=1S/C50H31N3/c1-3-11-32(12-4-1)34-21-23-35(24-22-34)46-27-37(33-13-5-2-6-14-33)28-49(52-46)53-47-20-8-7-17-39(47)44-29-42-43(30-48(44)53)41-19-10-16-36-15-9-18-40(50(36)41)38-25-26-51-31-45(38)42/h1-31H. The predicted molar refractivity (Wildman–Crippen MR) is 220 cm³/mol. The van der Waals surface area contributed by atoms with Crippen molar-refractivity contribution in [2.45, 2.75) is 0 Å². The summed E-state index contributed by atoms with van der Waals surface area (Å²) in [5.41, 5.74) is 16.1. The number of benzene rings is 7. The van der Waals surface area contributed by atoms with Crippen LogP contribution in [0.3, 0.4) is 0 Å². The van der Waals surface area contributed by atoms with Gasteiger partial charge in [-0.1, -0.05) is 140 Å². The second-order valence-corrected chi connectivity index (χ2v) is 13.8. The highest BCUT2D eigenvalue weighted by Crippen LogP contribution is 2.49. The molecule has 246 valence electrons. The molecule has 0 saturated heterocycles. The average Bonchev–Trinajstić information content (AvgIpc) is 3.50. The fraction of sp³-hybridized carbons (Fsp3) is 0. The Bertz CT molecular complexity index is 3030. The second kappa shape index (κ2) is 11.7. The number of para-hydroxylation sites is 1. The molecule has 10 aromatic rings. The molecule has 53 heavy (non-hydrogen) atoms. The Morgan fingerprint density at radius 2 is 1.02 bits per heavy atom. The number of hydrogen-bond donors (Lipinski definition) is 0. The second-order valence-electron chi connectivity index (χ2n) is 13.8. The normalized spacial score (nSPS) is 11.8. The summed E-state index contributed by atoms with van der Waals surface area (Å²) >= 11 is 0. The minimum atomic E-state index is 0.883. The number of nitrogens with zero attached hydrogens (tertiary/aromatic N) is 3. The highest BCUT2D eigenvalue weighted by Gasteiger charge is 2.24. The molecule has 3 nitrogen and oxygen atoms in total. The molecule has 0 aliphatic heterocycles. The molecule has 0 bridgehead atoms. The molecule has 1 aliphatic carbocycles. The summed E-state index contributed by atoms with van der Waals surface area (Å²) in [6.07, 6.45) is 3.94. The molecular formula is C50H31N3. The number of pyridine rings is 2. The molecular weight excluding hydrogens is 643 g/mol. The molecule has 1 aliphatic rings. The van der Waals surface area contributed by atoms with Crippen LogP contribution in [0.4, 0.5) is 0 Å². The smallest absolute Gasteiger partial charge is 0.138 e. The SMILES string of the molecule is c1ccc(-c2ccc(-c3cc(-c4ccccc4)cc(-n4c5ccccc5c5cc6c(cc54)-c4cccc5cccc(c45)-c4ccncc4-6)n3)cc2)cc1. The summed E-state index contributed by atoms with van der Waals surface area (Å²) in [4.78, 5) is 10.1. The van der Waals surface area contributed by atoms with Gasteiger partial charge in [0.15, 0.2) is 0 Å². The van der Waals surface area contributed by atoms with Gasteiger partial charge in [0.2, 0.25) is 0 Å². The predicted octanol–water partition coefficient (Wildman–Crippen LogP) is 13.0. The maximum Gasteiger partial charge on any atom is 0.138 e. The van der Waals surface area contributed by atoms with Gasteiger partial charge in [0, 0.05) is 34.3 Å². The number of fused-ring (bicyclic) bond motifs is 8. The molecule has 11 rings (SSSR count). The Kier molecular flexibility index (Phi) is 6.55. The Balaban J connectivity index is 1.20. The number of hydrogen-bond acceptors (Lipinski definition) is 2. The lowest BCUT2D eigenvalue weighted by atomic mass is 9.93. The van der Waals surface area contributed by atoms with Gasteiger partial charge >= 0.3 is 0 Å². The molecule has 3 aromatic heterocycles. The van der Waals surface area contributed by atoms with Crippen molar-refractivity contribution in [1.82, 2.24) is 14.5 Å². The first-order valence-corrected chi connectivity index (χ1v) is 18.1.